The highest BCUT2D eigenvalue weighted by molar-refractivity contribution is 5.74. The molecule has 0 unspecified atom stereocenters. The third-order valence-electron chi connectivity index (χ3n) is 8.54. The Balaban J connectivity index is 1.36. The summed E-state index contributed by atoms with van der Waals surface area (Å²) >= 11 is 0. The Hall–Kier alpha value is -3.11. The van der Waals surface area contributed by atoms with Gasteiger partial charge in [0, 0.05) is 57.8 Å². The average Bonchev–Trinajstić information content (AvgIpc) is 3.33. The molecule has 10 heteroatoms. The Labute approximate surface area is 240 Å². The summed E-state index contributed by atoms with van der Waals surface area (Å²) in [6, 6.07) is 9.46. The molecular weight excluding hydrogens is 533 g/mol. The zero-order valence-corrected chi connectivity index (χ0v) is 24.0. The predicted octanol–water partition coefficient (Wildman–Crippen LogP) is 4.92. The molecule has 0 radical (unpaired) electrons. The second kappa shape index (κ2) is 13.7. The zero-order chi connectivity index (χ0) is 29.7. The molecule has 2 aliphatic heterocycles. The Morgan fingerprint density at radius 3 is 2.39 bits per heavy atom. The van der Waals surface area contributed by atoms with Crippen LogP contribution in [0.3, 0.4) is 0 Å². The van der Waals surface area contributed by atoms with E-state index in [0.29, 0.717) is 25.2 Å². The molecule has 2 aromatic rings. The van der Waals surface area contributed by atoms with Gasteiger partial charge in [-0.1, -0.05) is 32.0 Å². The quantitative estimate of drug-likeness (QED) is 0.421. The predicted molar refractivity (Wildman–Crippen MR) is 151 cm³/mol. The molecule has 0 bridgehead atoms. The molecule has 2 fully saturated rings. The molecule has 2 aromatic carbocycles. The maximum absolute atomic E-state index is 14.1. The van der Waals surface area contributed by atoms with E-state index in [2.05, 4.69) is 10.2 Å². The molecule has 2 saturated heterocycles. The molecule has 41 heavy (non-hydrogen) atoms. The van der Waals surface area contributed by atoms with Crippen molar-refractivity contribution >= 4 is 12.0 Å². The number of benzene rings is 2. The van der Waals surface area contributed by atoms with E-state index in [-0.39, 0.29) is 42.2 Å². The van der Waals surface area contributed by atoms with Crippen LogP contribution in [-0.2, 0) is 11.3 Å². The van der Waals surface area contributed by atoms with Crippen LogP contribution in [0.15, 0.2) is 42.5 Å². The average molecular weight is 575 g/mol. The number of hydrogen-bond donors (Lipinski definition) is 2. The molecule has 2 heterocycles. The first-order valence-electron chi connectivity index (χ1n) is 14.5. The minimum Gasteiger partial charge on any atom is -0.480 e. The normalized spacial score (nSPS) is 21.2. The molecule has 2 N–H and O–H groups in total. The first-order valence-corrected chi connectivity index (χ1v) is 14.5. The second-order valence-corrected chi connectivity index (χ2v) is 11.6. The number of nitrogens with zero attached hydrogens (tertiary/aromatic N) is 3. The van der Waals surface area contributed by atoms with Crippen molar-refractivity contribution in [2.24, 2.45) is 11.8 Å². The summed E-state index contributed by atoms with van der Waals surface area (Å²) in [5.74, 6) is -2.86. The first-order chi connectivity index (χ1) is 19.6. The summed E-state index contributed by atoms with van der Waals surface area (Å²) in [6.07, 6.45) is 1.58. The fraction of sp³-hybridized carbons (Fsp3) is 0.548. The number of aliphatic carboxylic acids is 1. The molecule has 0 aliphatic carbocycles. The lowest BCUT2D eigenvalue weighted by Crippen LogP contribution is -2.51. The van der Waals surface area contributed by atoms with E-state index >= 15 is 0 Å². The summed E-state index contributed by atoms with van der Waals surface area (Å²) in [4.78, 5) is 31.2. The molecule has 2 amide bonds. The van der Waals surface area contributed by atoms with Crippen LogP contribution in [-0.4, -0.2) is 83.2 Å². The second-order valence-electron chi connectivity index (χ2n) is 11.6. The number of likely N-dealkylation sites (tertiary alicyclic amines) is 2. The zero-order valence-electron chi connectivity index (χ0n) is 24.0. The van der Waals surface area contributed by atoms with Gasteiger partial charge in [-0.2, -0.15) is 0 Å². The Bertz CT molecular complexity index is 1200. The van der Waals surface area contributed by atoms with E-state index in [0.717, 1.165) is 50.2 Å². The number of urea groups is 1. The van der Waals surface area contributed by atoms with E-state index in [1.165, 1.54) is 12.1 Å². The van der Waals surface area contributed by atoms with E-state index in [1.807, 2.05) is 31.7 Å². The van der Waals surface area contributed by atoms with Crippen LogP contribution in [0.4, 0.5) is 18.0 Å². The lowest BCUT2D eigenvalue weighted by molar-refractivity contribution is -0.144. The Morgan fingerprint density at radius 1 is 1.05 bits per heavy atom. The molecule has 3 atom stereocenters. The van der Waals surface area contributed by atoms with Crippen molar-refractivity contribution in [3.05, 3.63) is 71.0 Å². The molecule has 224 valence electrons. The van der Waals surface area contributed by atoms with Crippen LogP contribution in [0.1, 0.15) is 50.7 Å². The fourth-order valence-corrected chi connectivity index (χ4v) is 6.54. The first kappa shape index (κ1) is 30.8. The molecule has 0 saturated carbocycles. The van der Waals surface area contributed by atoms with Gasteiger partial charge < -0.3 is 20.2 Å². The van der Waals surface area contributed by atoms with Crippen molar-refractivity contribution < 1.29 is 27.9 Å². The van der Waals surface area contributed by atoms with Gasteiger partial charge in [0.25, 0.3) is 0 Å². The number of nitrogens with one attached hydrogen (secondary N) is 1. The molecule has 7 nitrogen and oxygen atoms in total. The van der Waals surface area contributed by atoms with Gasteiger partial charge in [-0.05, 0) is 67.0 Å². The van der Waals surface area contributed by atoms with Crippen LogP contribution >= 0.6 is 0 Å². The summed E-state index contributed by atoms with van der Waals surface area (Å²) in [7, 11) is 0. The van der Waals surface area contributed by atoms with Crippen LogP contribution < -0.4 is 5.32 Å². The Morgan fingerprint density at radius 2 is 1.78 bits per heavy atom. The number of carbonyl (C=O) groups is 2. The maximum atomic E-state index is 14.1. The van der Waals surface area contributed by atoms with Crippen molar-refractivity contribution in [1.82, 2.24) is 20.0 Å². The van der Waals surface area contributed by atoms with Crippen LogP contribution in [0.2, 0.25) is 0 Å². The van der Waals surface area contributed by atoms with E-state index in [4.69, 9.17) is 0 Å². The van der Waals surface area contributed by atoms with Gasteiger partial charge in [0.2, 0.25) is 0 Å². The number of amides is 2. The molecule has 0 spiro atoms. The monoisotopic (exact) mass is 574 g/mol. The number of rotatable bonds is 10. The van der Waals surface area contributed by atoms with E-state index in [9.17, 15) is 27.9 Å². The van der Waals surface area contributed by atoms with Crippen molar-refractivity contribution in [2.45, 2.75) is 58.2 Å². The van der Waals surface area contributed by atoms with Crippen LogP contribution in [0, 0.1) is 29.3 Å². The van der Waals surface area contributed by atoms with E-state index < -0.39 is 23.6 Å². The molecule has 4 rings (SSSR count). The third kappa shape index (κ3) is 7.60. The topological polar surface area (TPSA) is 76.1 Å². The lowest BCUT2D eigenvalue weighted by Gasteiger charge is -2.39. The van der Waals surface area contributed by atoms with Gasteiger partial charge in [-0.3, -0.25) is 9.69 Å². The van der Waals surface area contributed by atoms with Gasteiger partial charge in [-0.25, -0.2) is 18.0 Å². The molecule has 0 aromatic heterocycles. The van der Waals surface area contributed by atoms with Gasteiger partial charge in [0.05, 0.1) is 0 Å². The third-order valence-corrected chi connectivity index (χ3v) is 8.54. The van der Waals surface area contributed by atoms with Crippen LogP contribution in [0.5, 0.6) is 0 Å². The highest BCUT2D eigenvalue weighted by Gasteiger charge is 2.41. The van der Waals surface area contributed by atoms with Crippen LogP contribution in [0.25, 0.3) is 0 Å². The number of carboxylic acid groups (broad SMARTS) is 1. The maximum Gasteiger partial charge on any atom is 0.321 e. The fourth-order valence-electron chi connectivity index (χ4n) is 6.54. The highest BCUT2D eigenvalue weighted by atomic mass is 19.2. The SMILES string of the molecule is CCN(C(=O)NCc1ccc(F)c(F)c1)C1CCN(C[C@H]2CN([C@@H](C(=O)O)C(C)C)C[C@@H]2c2cccc(F)c2)CC1. The smallest absolute Gasteiger partial charge is 0.321 e. The summed E-state index contributed by atoms with van der Waals surface area (Å²) < 4.78 is 40.9. The van der Waals surface area contributed by atoms with Crippen molar-refractivity contribution in [3.8, 4) is 0 Å². The summed E-state index contributed by atoms with van der Waals surface area (Å²) in [6.45, 7) is 9.94. The van der Waals surface area contributed by atoms with E-state index in [1.54, 1.807) is 17.0 Å². The van der Waals surface area contributed by atoms with Crippen molar-refractivity contribution in [1.29, 1.82) is 0 Å². The van der Waals surface area contributed by atoms with Crippen molar-refractivity contribution in [2.75, 3.05) is 39.3 Å². The lowest BCUT2D eigenvalue weighted by atomic mass is 9.88. The Kier molecular flexibility index (Phi) is 10.3. The van der Waals surface area contributed by atoms with Gasteiger partial charge in [0.15, 0.2) is 11.6 Å². The number of carboxylic acids is 1. The largest absolute Gasteiger partial charge is 0.480 e. The summed E-state index contributed by atoms with van der Waals surface area (Å²) in [5, 5.41) is 12.7. The van der Waals surface area contributed by atoms with Gasteiger partial charge >= 0.3 is 12.0 Å². The number of halogens is 3. The van der Waals surface area contributed by atoms with Gasteiger partial charge in [0.1, 0.15) is 11.9 Å². The number of piperidine rings is 1. The number of carbonyl (C=O) groups excluding carboxylic acids is 1. The molecule has 2 aliphatic rings. The summed E-state index contributed by atoms with van der Waals surface area (Å²) in [5.41, 5.74) is 1.39. The highest BCUT2D eigenvalue weighted by Crippen LogP contribution is 2.36. The minimum atomic E-state index is -0.941. The minimum absolute atomic E-state index is 0.0261. The standard InChI is InChI=1S/C31H41F3N4O3/c1-4-38(31(41)35-16-21-8-9-27(33)28(34)14-21)25-10-12-36(13-11-25)17-23-18-37(29(20(2)3)30(39)40)19-26(23)22-6-5-7-24(32)15-22/h5-9,14-15,20,23,25-26,29H,4,10-13,16-19H2,1-3H3,(H,35,41)(H,39,40)/t23-,26+,29+/m0/s1. The molecular formula is C31H41F3N4O3. The number of hydrogen-bond acceptors (Lipinski definition) is 4. The van der Waals surface area contributed by atoms with Gasteiger partial charge in [-0.15, -0.1) is 0 Å². The van der Waals surface area contributed by atoms with Crippen molar-refractivity contribution in [3.63, 3.8) is 0 Å².